The third kappa shape index (κ3) is 5.21. The molecule has 1 aliphatic heterocycles. The standard InChI is InChI=1S/C38H36N6/c1-38(2,26-39)31-15-12-28(13-16-31)37-36-33-23-30(14-17-34(33)40-24-35(36)42(3)41-37)29-10-7-11-32(22-29)44-20-18-43(19-21-44)25-27-8-5-4-6-9-27/h4-17,22-24H,18-21,25H2,1-3H3. The van der Waals surface area contributed by atoms with Gasteiger partial charge in [-0.2, -0.15) is 10.4 Å². The first kappa shape index (κ1) is 27.8. The summed E-state index contributed by atoms with van der Waals surface area (Å²) in [6.07, 6.45) is 1.92. The second-order valence-electron chi connectivity index (χ2n) is 12.3. The van der Waals surface area contributed by atoms with Gasteiger partial charge in [0.15, 0.2) is 0 Å². The van der Waals surface area contributed by atoms with Crippen LogP contribution in [0.4, 0.5) is 5.69 Å². The van der Waals surface area contributed by atoms with Crippen molar-refractivity contribution < 1.29 is 0 Å². The van der Waals surface area contributed by atoms with Crippen LogP contribution < -0.4 is 4.90 Å². The van der Waals surface area contributed by atoms with E-state index in [0.717, 1.165) is 76.9 Å². The van der Waals surface area contributed by atoms with Crippen LogP contribution in [-0.4, -0.2) is 45.8 Å². The average molecular weight is 577 g/mol. The van der Waals surface area contributed by atoms with E-state index in [0.29, 0.717) is 0 Å². The van der Waals surface area contributed by atoms with Crippen LogP contribution in [-0.2, 0) is 19.0 Å². The number of nitriles is 1. The minimum atomic E-state index is -0.541. The Bertz CT molecular complexity index is 1990. The minimum absolute atomic E-state index is 0.541. The summed E-state index contributed by atoms with van der Waals surface area (Å²) in [5.41, 5.74) is 9.35. The van der Waals surface area contributed by atoms with Crippen molar-refractivity contribution >= 4 is 27.5 Å². The third-order valence-electron chi connectivity index (χ3n) is 9.01. The third-order valence-corrected chi connectivity index (χ3v) is 9.01. The van der Waals surface area contributed by atoms with Crippen molar-refractivity contribution in [2.24, 2.45) is 7.05 Å². The molecule has 0 N–H and O–H groups in total. The van der Waals surface area contributed by atoms with E-state index < -0.39 is 5.41 Å². The van der Waals surface area contributed by atoms with Crippen molar-refractivity contribution in [3.05, 3.63) is 114 Å². The number of aryl methyl sites for hydroxylation is 1. The second-order valence-corrected chi connectivity index (χ2v) is 12.3. The van der Waals surface area contributed by atoms with Crippen molar-refractivity contribution in [1.82, 2.24) is 19.7 Å². The summed E-state index contributed by atoms with van der Waals surface area (Å²) in [6, 6.07) is 36.9. The molecule has 4 aromatic carbocycles. The normalized spacial score (nSPS) is 14.3. The van der Waals surface area contributed by atoms with Gasteiger partial charge in [-0.1, -0.05) is 72.8 Å². The molecule has 0 unspecified atom stereocenters. The predicted molar refractivity (Wildman–Crippen MR) is 179 cm³/mol. The summed E-state index contributed by atoms with van der Waals surface area (Å²) in [5.74, 6) is 0. The molecule has 0 spiro atoms. The second kappa shape index (κ2) is 11.3. The van der Waals surface area contributed by atoms with Gasteiger partial charge in [-0.3, -0.25) is 14.6 Å². The maximum Gasteiger partial charge on any atom is 0.101 e. The number of piperazine rings is 1. The highest BCUT2D eigenvalue weighted by Crippen LogP contribution is 2.36. The Labute approximate surface area is 258 Å². The van der Waals surface area contributed by atoms with E-state index >= 15 is 0 Å². The summed E-state index contributed by atoms with van der Waals surface area (Å²) in [7, 11) is 1.97. The molecule has 0 radical (unpaired) electrons. The monoisotopic (exact) mass is 576 g/mol. The molecule has 1 aliphatic rings. The van der Waals surface area contributed by atoms with E-state index in [9.17, 15) is 5.26 Å². The molecule has 7 rings (SSSR count). The number of anilines is 1. The minimum Gasteiger partial charge on any atom is -0.369 e. The first-order chi connectivity index (χ1) is 21.4. The van der Waals surface area contributed by atoms with Crippen LogP contribution in [0, 0.1) is 11.3 Å². The lowest BCUT2D eigenvalue weighted by Crippen LogP contribution is -2.45. The fourth-order valence-electron chi connectivity index (χ4n) is 6.31. The Morgan fingerprint density at radius 1 is 0.795 bits per heavy atom. The number of hydrogen-bond donors (Lipinski definition) is 0. The van der Waals surface area contributed by atoms with Gasteiger partial charge in [0.05, 0.1) is 28.7 Å². The molecular formula is C38H36N6. The molecule has 6 aromatic rings. The molecule has 3 heterocycles. The summed E-state index contributed by atoms with van der Waals surface area (Å²) in [4.78, 5) is 9.83. The predicted octanol–water partition coefficient (Wildman–Crippen LogP) is 7.58. The molecule has 0 atom stereocenters. The summed E-state index contributed by atoms with van der Waals surface area (Å²) in [6.45, 7) is 9.03. The number of pyridine rings is 1. The van der Waals surface area contributed by atoms with E-state index in [1.54, 1.807) is 0 Å². The fourth-order valence-corrected chi connectivity index (χ4v) is 6.31. The Morgan fingerprint density at radius 3 is 2.27 bits per heavy atom. The number of fused-ring (bicyclic) bond motifs is 3. The van der Waals surface area contributed by atoms with Crippen LogP contribution in [0.3, 0.4) is 0 Å². The maximum atomic E-state index is 9.59. The Kier molecular flexibility index (Phi) is 7.12. The molecule has 218 valence electrons. The largest absolute Gasteiger partial charge is 0.369 e. The Hall–Kier alpha value is -4.99. The number of aromatic nitrogens is 3. The summed E-state index contributed by atoms with van der Waals surface area (Å²) in [5, 5.41) is 16.7. The van der Waals surface area contributed by atoms with E-state index in [1.807, 2.05) is 43.9 Å². The molecule has 1 saturated heterocycles. The molecule has 0 aliphatic carbocycles. The Morgan fingerprint density at radius 2 is 1.52 bits per heavy atom. The van der Waals surface area contributed by atoms with Gasteiger partial charge >= 0.3 is 0 Å². The van der Waals surface area contributed by atoms with Crippen LogP contribution in [0.1, 0.15) is 25.0 Å². The van der Waals surface area contributed by atoms with Gasteiger partial charge < -0.3 is 4.90 Å². The number of rotatable bonds is 6. The van der Waals surface area contributed by atoms with Crippen molar-refractivity contribution in [3.63, 3.8) is 0 Å². The molecule has 6 heteroatoms. The zero-order valence-corrected chi connectivity index (χ0v) is 25.5. The van der Waals surface area contributed by atoms with E-state index in [1.165, 1.54) is 16.8 Å². The lowest BCUT2D eigenvalue weighted by molar-refractivity contribution is 0.250. The maximum absolute atomic E-state index is 9.59. The van der Waals surface area contributed by atoms with Gasteiger partial charge in [0, 0.05) is 61.8 Å². The van der Waals surface area contributed by atoms with Crippen molar-refractivity contribution in [2.45, 2.75) is 25.8 Å². The van der Waals surface area contributed by atoms with Gasteiger partial charge in [-0.25, -0.2) is 0 Å². The average Bonchev–Trinajstić information content (AvgIpc) is 3.42. The summed E-state index contributed by atoms with van der Waals surface area (Å²) < 4.78 is 1.91. The van der Waals surface area contributed by atoms with Gasteiger partial charge in [0.25, 0.3) is 0 Å². The highest BCUT2D eigenvalue weighted by molar-refractivity contribution is 6.12. The van der Waals surface area contributed by atoms with Crippen molar-refractivity contribution in [2.75, 3.05) is 31.1 Å². The first-order valence-corrected chi connectivity index (χ1v) is 15.3. The highest BCUT2D eigenvalue weighted by atomic mass is 15.3. The van der Waals surface area contributed by atoms with Crippen LogP contribution in [0.5, 0.6) is 0 Å². The first-order valence-electron chi connectivity index (χ1n) is 15.3. The van der Waals surface area contributed by atoms with Gasteiger partial charge in [-0.15, -0.1) is 0 Å². The molecule has 44 heavy (non-hydrogen) atoms. The van der Waals surface area contributed by atoms with Crippen molar-refractivity contribution in [1.29, 1.82) is 5.26 Å². The lowest BCUT2D eigenvalue weighted by atomic mass is 9.86. The van der Waals surface area contributed by atoms with Gasteiger partial charge in [-0.05, 0) is 60.4 Å². The van der Waals surface area contributed by atoms with E-state index in [4.69, 9.17) is 10.1 Å². The van der Waals surface area contributed by atoms with Crippen LogP contribution in [0.15, 0.2) is 103 Å². The van der Waals surface area contributed by atoms with Gasteiger partial charge in [0.2, 0.25) is 0 Å². The van der Waals surface area contributed by atoms with Crippen LogP contribution in [0.25, 0.3) is 44.2 Å². The van der Waals surface area contributed by atoms with Crippen molar-refractivity contribution in [3.8, 4) is 28.5 Å². The molecule has 0 saturated carbocycles. The number of benzene rings is 4. The SMILES string of the molecule is Cn1nc(-c2ccc(C(C)(C)C#N)cc2)c2c3cc(-c4cccc(N5CCN(Cc6ccccc6)CC5)c4)ccc3ncc21. The zero-order valence-electron chi connectivity index (χ0n) is 25.5. The van der Waals surface area contributed by atoms with Crippen LogP contribution in [0.2, 0.25) is 0 Å². The number of hydrogen-bond acceptors (Lipinski definition) is 5. The van der Waals surface area contributed by atoms with E-state index in [-0.39, 0.29) is 0 Å². The van der Waals surface area contributed by atoms with Crippen LogP contribution >= 0.6 is 0 Å². The highest BCUT2D eigenvalue weighted by Gasteiger charge is 2.21. The van der Waals surface area contributed by atoms with E-state index in [2.05, 4.69) is 101 Å². The molecule has 0 amide bonds. The molecule has 1 fully saturated rings. The summed E-state index contributed by atoms with van der Waals surface area (Å²) >= 11 is 0. The topological polar surface area (TPSA) is 61.0 Å². The Balaban J connectivity index is 1.20. The smallest absolute Gasteiger partial charge is 0.101 e. The number of nitrogens with zero attached hydrogens (tertiary/aromatic N) is 6. The molecule has 6 nitrogen and oxygen atoms in total. The molecule has 0 bridgehead atoms. The fraction of sp³-hybridized carbons (Fsp3) is 0.237. The lowest BCUT2D eigenvalue weighted by Gasteiger charge is -2.36. The zero-order chi connectivity index (χ0) is 30.3. The molecule has 2 aromatic heterocycles. The van der Waals surface area contributed by atoms with Gasteiger partial charge in [0.1, 0.15) is 5.69 Å². The quantitative estimate of drug-likeness (QED) is 0.205. The molecular weight excluding hydrogens is 540 g/mol.